The molecule has 1 amide bonds. The van der Waals surface area contributed by atoms with Crippen LogP contribution in [-0.2, 0) is 9.84 Å². The van der Waals surface area contributed by atoms with Crippen LogP contribution in [0.2, 0.25) is 0 Å². The first-order valence-corrected chi connectivity index (χ1v) is 12.1. The third kappa shape index (κ3) is 4.16. The lowest BCUT2D eigenvalue weighted by Crippen LogP contribution is -2.40. The van der Waals surface area contributed by atoms with Gasteiger partial charge in [0.1, 0.15) is 10.7 Å². The number of sulfone groups is 1. The molecular weight excluding hydrogens is 407 g/mol. The minimum absolute atomic E-state index is 0.0296. The van der Waals surface area contributed by atoms with Crippen LogP contribution in [0.15, 0.2) is 35.4 Å². The lowest BCUT2D eigenvalue weighted by atomic mass is 9.94. The molecule has 3 heterocycles. The van der Waals surface area contributed by atoms with Gasteiger partial charge in [0, 0.05) is 38.4 Å². The summed E-state index contributed by atoms with van der Waals surface area (Å²) in [5.74, 6) is -0.650. The maximum atomic E-state index is 14.1. The van der Waals surface area contributed by atoms with E-state index in [0.29, 0.717) is 37.6 Å². The highest BCUT2D eigenvalue weighted by Crippen LogP contribution is 2.32. The molecule has 0 bridgehead atoms. The van der Waals surface area contributed by atoms with Crippen molar-refractivity contribution in [2.24, 2.45) is 0 Å². The average Bonchev–Trinajstić information content (AvgIpc) is 3.28. The van der Waals surface area contributed by atoms with Crippen molar-refractivity contribution in [1.29, 1.82) is 0 Å². The number of aromatic nitrogens is 2. The molecule has 160 valence electrons. The van der Waals surface area contributed by atoms with Crippen LogP contribution in [0.1, 0.15) is 47.7 Å². The molecule has 2 saturated heterocycles. The molecule has 2 aromatic rings. The lowest BCUT2D eigenvalue weighted by molar-refractivity contribution is 0.0700. The number of carbonyl (C=O) groups excluding carboxylic acids is 1. The standard InChI is InChI=1S/C21H25FN4O3S/c1-30(28,29)18-13-23-21(25-10-4-5-11-25)24-19(18)15-7-6-12-26(14-15)20(27)16-8-2-3-9-17(16)22/h2-3,8-9,13,15H,4-7,10-12,14H2,1H3/t15-/m0/s1. The molecule has 1 aromatic heterocycles. The molecule has 0 spiro atoms. The molecule has 2 fully saturated rings. The van der Waals surface area contributed by atoms with Gasteiger partial charge in [-0.05, 0) is 37.8 Å². The Labute approximate surface area is 175 Å². The van der Waals surface area contributed by atoms with Crippen molar-refractivity contribution in [3.05, 3.63) is 47.5 Å². The summed E-state index contributed by atoms with van der Waals surface area (Å²) < 4.78 is 38.9. The van der Waals surface area contributed by atoms with Gasteiger partial charge in [-0.2, -0.15) is 0 Å². The molecule has 0 aliphatic carbocycles. The van der Waals surface area contributed by atoms with Gasteiger partial charge >= 0.3 is 0 Å². The largest absolute Gasteiger partial charge is 0.341 e. The second-order valence-corrected chi connectivity index (χ2v) is 9.94. The molecule has 4 rings (SSSR count). The van der Waals surface area contributed by atoms with Crippen molar-refractivity contribution in [2.45, 2.75) is 36.5 Å². The zero-order valence-electron chi connectivity index (χ0n) is 16.9. The number of carbonyl (C=O) groups is 1. The first-order chi connectivity index (χ1) is 14.3. The molecule has 2 aliphatic heterocycles. The van der Waals surface area contributed by atoms with Crippen molar-refractivity contribution < 1.29 is 17.6 Å². The van der Waals surface area contributed by atoms with E-state index < -0.39 is 15.7 Å². The van der Waals surface area contributed by atoms with Gasteiger partial charge in [0.05, 0.1) is 17.5 Å². The predicted octanol–water partition coefficient (Wildman–Crippen LogP) is 2.64. The molecule has 7 nitrogen and oxygen atoms in total. The molecule has 0 unspecified atom stereocenters. The van der Waals surface area contributed by atoms with Gasteiger partial charge in [-0.15, -0.1) is 0 Å². The highest BCUT2D eigenvalue weighted by Gasteiger charge is 2.32. The van der Waals surface area contributed by atoms with Crippen LogP contribution in [0.5, 0.6) is 0 Å². The Morgan fingerprint density at radius 1 is 1.13 bits per heavy atom. The van der Waals surface area contributed by atoms with E-state index in [-0.39, 0.29) is 22.3 Å². The van der Waals surface area contributed by atoms with E-state index in [2.05, 4.69) is 14.9 Å². The second-order valence-electron chi connectivity index (χ2n) is 7.96. The summed E-state index contributed by atoms with van der Waals surface area (Å²) in [6, 6.07) is 5.92. The molecular formula is C21H25FN4O3S. The fourth-order valence-electron chi connectivity index (χ4n) is 4.21. The molecule has 2 aliphatic rings. The van der Waals surface area contributed by atoms with Crippen molar-refractivity contribution in [3.63, 3.8) is 0 Å². The summed E-state index contributed by atoms with van der Waals surface area (Å²) in [5, 5.41) is 0. The van der Waals surface area contributed by atoms with E-state index in [4.69, 9.17) is 0 Å². The number of halogens is 1. The van der Waals surface area contributed by atoms with Crippen LogP contribution in [0.3, 0.4) is 0 Å². The fraction of sp³-hybridized carbons (Fsp3) is 0.476. The third-order valence-electron chi connectivity index (χ3n) is 5.76. The van der Waals surface area contributed by atoms with Crippen molar-refractivity contribution in [3.8, 4) is 0 Å². The number of rotatable bonds is 4. The van der Waals surface area contributed by atoms with Crippen LogP contribution in [0.25, 0.3) is 0 Å². The smallest absolute Gasteiger partial charge is 0.256 e. The Bertz CT molecular complexity index is 1050. The average molecular weight is 433 g/mol. The van der Waals surface area contributed by atoms with E-state index >= 15 is 0 Å². The van der Waals surface area contributed by atoms with Gasteiger partial charge < -0.3 is 9.80 Å². The summed E-state index contributed by atoms with van der Waals surface area (Å²) in [4.78, 5) is 25.6. The quantitative estimate of drug-likeness (QED) is 0.739. The third-order valence-corrected chi connectivity index (χ3v) is 6.87. The number of hydrogen-bond donors (Lipinski definition) is 0. The summed E-state index contributed by atoms with van der Waals surface area (Å²) in [5.41, 5.74) is 0.488. The monoisotopic (exact) mass is 432 g/mol. The molecule has 1 aromatic carbocycles. The Morgan fingerprint density at radius 2 is 1.87 bits per heavy atom. The second kappa shape index (κ2) is 8.29. The number of benzene rings is 1. The van der Waals surface area contributed by atoms with E-state index in [0.717, 1.165) is 32.2 Å². The van der Waals surface area contributed by atoms with Gasteiger partial charge in [-0.25, -0.2) is 22.8 Å². The molecule has 0 saturated carbocycles. The van der Waals surface area contributed by atoms with Gasteiger partial charge in [0.15, 0.2) is 9.84 Å². The van der Waals surface area contributed by atoms with E-state index in [1.165, 1.54) is 18.3 Å². The van der Waals surface area contributed by atoms with Crippen LogP contribution in [0, 0.1) is 5.82 Å². The first-order valence-electron chi connectivity index (χ1n) is 10.2. The highest BCUT2D eigenvalue weighted by atomic mass is 32.2. The van der Waals surface area contributed by atoms with Gasteiger partial charge in [-0.1, -0.05) is 12.1 Å². The molecule has 9 heteroatoms. The number of nitrogens with zero attached hydrogens (tertiary/aromatic N) is 4. The zero-order chi connectivity index (χ0) is 21.3. The minimum atomic E-state index is -3.53. The van der Waals surface area contributed by atoms with Gasteiger partial charge in [-0.3, -0.25) is 4.79 Å². The fourth-order valence-corrected chi connectivity index (χ4v) is 5.05. The Balaban J connectivity index is 1.66. The number of amides is 1. The lowest BCUT2D eigenvalue weighted by Gasteiger charge is -2.33. The maximum absolute atomic E-state index is 14.1. The van der Waals surface area contributed by atoms with Crippen molar-refractivity contribution in [2.75, 3.05) is 37.3 Å². The highest BCUT2D eigenvalue weighted by molar-refractivity contribution is 7.90. The number of hydrogen-bond acceptors (Lipinski definition) is 6. The summed E-state index contributed by atoms with van der Waals surface area (Å²) >= 11 is 0. The molecule has 30 heavy (non-hydrogen) atoms. The first kappa shape index (κ1) is 20.7. The molecule has 0 N–H and O–H groups in total. The SMILES string of the molecule is CS(=O)(=O)c1cnc(N2CCCC2)nc1[C@H]1CCCN(C(=O)c2ccccc2F)C1. The normalized spacial score (nSPS) is 19.9. The van der Waals surface area contributed by atoms with Crippen molar-refractivity contribution in [1.82, 2.24) is 14.9 Å². The summed E-state index contributed by atoms with van der Waals surface area (Å²) in [6.07, 6.45) is 6.05. The van der Waals surface area contributed by atoms with Gasteiger partial charge in [0.2, 0.25) is 5.95 Å². The summed E-state index contributed by atoms with van der Waals surface area (Å²) in [6.45, 7) is 2.49. The van der Waals surface area contributed by atoms with Crippen LogP contribution in [0.4, 0.5) is 10.3 Å². The Hall–Kier alpha value is -2.55. The summed E-state index contributed by atoms with van der Waals surface area (Å²) in [7, 11) is -3.53. The van der Waals surface area contributed by atoms with E-state index in [9.17, 15) is 17.6 Å². The van der Waals surface area contributed by atoms with Crippen molar-refractivity contribution >= 4 is 21.7 Å². The topological polar surface area (TPSA) is 83.5 Å². The van der Waals surface area contributed by atoms with E-state index in [1.807, 2.05) is 0 Å². The van der Waals surface area contributed by atoms with Crippen LogP contribution in [-0.4, -0.2) is 61.6 Å². The Morgan fingerprint density at radius 3 is 2.57 bits per heavy atom. The van der Waals surface area contributed by atoms with Crippen LogP contribution >= 0.6 is 0 Å². The van der Waals surface area contributed by atoms with Gasteiger partial charge in [0.25, 0.3) is 5.91 Å². The molecule has 0 radical (unpaired) electrons. The number of anilines is 1. The maximum Gasteiger partial charge on any atom is 0.256 e. The van der Waals surface area contributed by atoms with E-state index in [1.54, 1.807) is 17.0 Å². The predicted molar refractivity (Wildman–Crippen MR) is 111 cm³/mol. The Kier molecular flexibility index (Phi) is 5.73. The van der Waals surface area contributed by atoms with Crippen LogP contribution < -0.4 is 4.90 Å². The molecule has 1 atom stereocenters. The number of likely N-dealkylation sites (tertiary alicyclic amines) is 1. The minimum Gasteiger partial charge on any atom is -0.341 e. The zero-order valence-corrected chi connectivity index (χ0v) is 17.7. The number of piperidine rings is 1.